The van der Waals surface area contributed by atoms with Crippen molar-refractivity contribution in [1.29, 1.82) is 0 Å². The monoisotopic (exact) mass is 946 g/mol. The van der Waals surface area contributed by atoms with E-state index in [1.54, 1.807) is 9.03 Å². The fourth-order valence-electron chi connectivity index (χ4n) is 8.93. The predicted octanol–water partition coefficient (Wildman–Crippen LogP) is 9.96. The molecule has 8 aromatic rings. The number of amides is 1. The summed E-state index contributed by atoms with van der Waals surface area (Å²) in [6.45, 7) is 12.5. The Morgan fingerprint density at radius 1 is 0.700 bits per heavy atom. The predicted molar refractivity (Wildman–Crippen MR) is 280 cm³/mol. The Morgan fingerprint density at radius 3 is 1.81 bits per heavy atom. The number of aryl methyl sites for hydroxylation is 2. The van der Waals surface area contributed by atoms with Gasteiger partial charge in [0.05, 0.1) is 17.1 Å². The number of nitrogens with one attached hydrogen (secondary N) is 3. The summed E-state index contributed by atoms with van der Waals surface area (Å²) in [6.07, 6.45) is 17.8. The Bertz CT molecular complexity index is 2880. The first-order valence-corrected chi connectivity index (χ1v) is 24.1. The quantitative estimate of drug-likeness (QED) is 0.0937. The van der Waals surface area contributed by atoms with Gasteiger partial charge in [-0.05, 0) is 92.3 Å². The Hall–Kier alpha value is -7.52. The normalized spacial score (nSPS) is 17.5. The van der Waals surface area contributed by atoms with Gasteiger partial charge in [0, 0.05) is 75.4 Å². The van der Waals surface area contributed by atoms with Gasteiger partial charge < -0.3 is 25.6 Å². The summed E-state index contributed by atoms with van der Waals surface area (Å²) >= 11 is 0. The summed E-state index contributed by atoms with van der Waals surface area (Å²) in [5, 5.41) is 19.4. The SMILES string of the molecule is C.CCc1cnc(NC[C@@H]2[C@H](C)CCCN2C(=O)c2c(-c3ccccc3)nn3ccccc23)nc1.CCc1cnc(NC[C@H]2NCCC[C@H]2C)nc1.O=COc1c(-c2ccccc2)nn2ccccc12.[2HH]. The molecule has 2 aromatic carbocycles. The molecule has 15 heteroatoms. The minimum absolute atomic E-state index is 0. The van der Waals surface area contributed by atoms with Crippen molar-refractivity contribution < 1.29 is 15.8 Å². The number of pyridine rings is 2. The highest BCUT2D eigenvalue weighted by Crippen LogP contribution is 2.34. The maximum absolute atomic E-state index is 14.1. The van der Waals surface area contributed by atoms with E-state index < -0.39 is 0 Å². The molecule has 6 aromatic heterocycles. The van der Waals surface area contributed by atoms with Crippen molar-refractivity contribution in [3.8, 4) is 28.3 Å². The number of piperidine rings is 2. The van der Waals surface area contributed by atoms with Crippen LogP contribution in [0.5, 0.6) is 5.75 Å². The number of carbonyl (C=O) groups excluding carboxylic acids is 2. The first-order valence-electron chi connectivity index (χ1n) is 24.1. The van der Waals surface area contributed by atoms with Gasteiger partial charge in [0.1, 0.15) is 16.9 Å². The van der Waals surface area contributed by atoms with Crippen molar-refractivity contribution in [2.24, 2.45) is 11.8 Å². The molecule has 0 radical (unpaired) electrons. The number of carbonyl (C=O) groups is 2. The summed E-state index contributed by atoms with van der Waals surface area (Å²) in [5.74, 6) is 2.94. The summed E-state index contributed by atoms with van der Waals surface area (Å²) in [4.78, 5) is 44.3. The second-order valence-corrected chi connectivity index (χ2v) is 17.6. The van der Waals surface area contributed by atoms with Gasteiger partial charge in [-0.15, -0.1) is 0 Å². The van der Waals surface area contributed by atoms with Crippen molar-refractivity contribution in [2.45, 2.75) is 85.7 Å². The number of benzene rings is 2. The highest BCUT2D eigenvalue weighted by atomic mass is 16.5. The van der Waals surface area contributed by atoms with Crippen LogP contribution in [0.25, 0.3) is 33.5 Å². The van der Waals surface area contributed by atoms with E-state index in [1.807, 2.05) is 139 Å². The topological polar surface area (TPSA) is 169 Å². The van der Waals surface area contributed by atoms with Crippen LogP contribution in [0.3, 0.4) is 0 Å². The molecule has 2 aliphatic heterocycles. The van der Waals surface area contributed by atoms with Crippen LogP contribution in [-0.4, -0.2) is 94.7 Å². The van der Waals surface area contributed by atoms with Gasteiger partial charge in [0.2, 0.25) is 11.9 Å². The van der Waals surface area contributed by atoms with E-state index in [9.17, 15) is 9.59 Å². The maximum atomic E-state index is 14.1. The lowest BCUT2D eigenvalue weighted by Gasteiger charge is -2.40. The third-order valence-electron chi connectivity index (χ3n) is 13.0. The molecule has 15 nitrogen and oxygen atoms in total. The zero-order valence-electron chi connectivity index (χ0n) is 39.9. The molecule has 0 unspecified atom stereocenters. The average molecular weight is 946 g/mol. The van der Waals surface area contributed by atoms with Crippen LogP contribution in [-0.2, 0) is 17.6 Å². The molecule has 366 valence electrons. The largest absolute Gasteiger partial charge is 0.424 e. The number of ether oxygens (including phenoxy) is 1. The van der Waals surface area contributed by atoms with Gasteiger partial charge in [0.25, 0.3) is 12.4 Å². The van der Waals surface area contributed by atoms with E-state index in [2.05, 4.69) is 68.7 Å². The molecule has 3 N–H and O–H groups in total. The Morgan fingerprint density at radius 2 is 1.23 bits per heavy atom. The van der Waals surface area contributed by atoms with Crippen molar-refractivity contribution in [3.05, 3.63) is 151 Å². The third-order valence-corrected chi connectivity index (χ3v) is 13.0. The van der Waals surface area contributed by atoms with Crippen molar-refractivity contribution in [3.63, 3.8) is 0 Å². The molecule has 0 aliphatic carbocycles. The van der Waals surface area contributed by atoms with Gasteiger partial charge in [0.15, 0.2) is 5.75 Å². The van der Waals surface area contributed by atoms with Crippen LogP contribution >= 0.6 is 0 Å². The number of nitrogens with zero attached hydrogens (tertiary/aromatic N) is 9. The molecule has 1 amide bonds. The van der Waals surface area contributed by atoms with Gasteiger partial charge in [-0.1, -0.05) is 108 Å². The van der Waals surface area contributed by atoms with Gasteiger partial charge >= 0.3 is 0 Å². The van der Waals surface area contributed by atoms with Gasteiger partial charge in [-0.2, -0.15) is 10.2 Å². The molecule has 4 atom stereocenters. The number of aromatic nitrogens is 8. The lowest BCUT2D eigenvalue weighted by atomic mass is 9.89. The van der Waals surface area contributed by atoms with E-state index in [1.165, 1.54) is 18.4 Å². The van der Waals surface area contributed by atoms with Gasteiger partial charge in [-0.3, -0.25) is 9.59 Å². The number of rotatable bonds is 13. The molecule has 2 saturated heterocycles. The maximum Gasteiger partial charge on any atom is 0.298 e. The fraction of sp³-hybridized carbons (Fsp3) is 0.345. The summed E-state index contributed by atoms with van der Waals surface area (Å²) in [6, 6.07) is 31.6. The van der Waals surface area contributed by atoms with E-state index in [0.717, 1.165) is 90.6 Å². The van der Waals surface area contributed by atoms with Crippen LogP contribution < -0.4 is 20.7 Å². The highest BCUT2D eigenvalue weighted by molar-refractivity contribution is 6.06. The number of fused-ring (bicyclic) bond motifs is 2. The van der Waals surface area contributed by atoms with Crippen LogP contribution in [0.4, 0.5) is 11.9 Å². The zero-order chi connectivity index (χ0) is 48.0. The molecule has 0 saturated carbocycles. The minimum Gasteiger partial charge on any atom is -0.424 e. The summed E-state index contributed by atoms with van der Waals surface area (Å²) in [5.41, 5.74) is 7.79. The standard InChI is InChI=1S/C27H30N6O.C14H10N2O2.C13H22N4.CH4.H2/c1-3-20-16-28-27(29-17-20)30-18-23-19(2)10-9-14-32(23)26(34)24-22-13-7-8-15-33(22)31-25(24)21-11-5-4-6-12-21;17-10-18-14-12-8-4-5-9-16(12)15-13(14)11-6-2-1-3-7-11;1-3-11-7-15-13(16-8-11)17-9-12-10(2)5-4-6-14-12;;/h4-8,11-13,15-17,19,23H,3,9-10,14,18H2,1-2H3,(H,28,29,30);1-10H;7-8,10,12,14H,3-6,9H2,1-2H3,(H,15,16,17);1H4;1H/t19-,23-;;10-,12-;;/m1.1../s1/i;;;;1+1. The fourth-order valence-corrected chi connectivity index (χ4v) is 8.93. The van der Waals surface area contributed by atoms with E-state index in [-0.39, 0.29) is 20.8 Å². The highest BCUT2D eigenvalue weighted by Gasteiger charge is 2.35. The molecule has 8 heterocycles. The lowest BCUT2D eigenvalue weighted by molar-refractivity contribution is -0.120. The molecule has 2 aliphatic rings. The Balaban J connectivity index is 0.000000189. The smallest absolute Gasteiger partial charge is 0.298 e. The summed E-state index contributed by atoms with van der Waals surface area (Å²) in [7, 11) is 0. The second kappa shape index (κ2) is 24.7. The lowest BCUT2D eigenvalue weighted by Crippen LogP contribution is -2.51. The minimum atomic E-state index is 0. The van der Waals surface area contributed by atoms with Gasteiger partial charge in [-0.25, -0.2) is 29.0 Å². The van der Waals surface area contributed by atoms with Crippen molar-refractivity contribution in [1.82, 2.24) is 49.4 Å². The van der Waals surface area contributed by atoms with Crippen molar-refractivity contribution >= 4 is 35.3 Å². The molecule has 10 rings (SSSR count). The number of likely N-dealkylation sites (tertiary alicyclic amines) is 1. The van der Waals surface area contributed by atoms with E-state index >= 15 is 0 Å². The van der Waals surface area contributed by atoms with Crippen LogP contribution in [0.2, 0.25) is 0 Å². The molecule has 0 spiro atoms. The van der Waals surface area contributed by atoms with Crippen LogP contribution in [0.15, 0.2) is 134 Å². The van der Waals surface area contributed by atoms with E-state index in [0.29, 0.717) is 47.9 Å². The zero-order valence-corrected chi connectivity index (χ0v) is 39.9. The second-order valence-electron chi connectivity index (χ2n) is 17.6. The first kappa shape index (κ1) is 50.4. The number of hydrogen-bond acceptors (Lipinski definition) is 12. The molecule has 2 fully saturated rings. The van der Waals surface area contributed by atoms with Crippen LogP contribution in [0, 0.1) is 11.8 Å². The molecule has 0 bridgehead atoms. The number of anilines is 2. The number of hydrogen-bond donors (Lipinski definition) is 3. The third kappa shape index (κ3) is 12.2. The van der Waals surface area contributed by atoms with Crippen molar-refractivity contribution in [2.75, 3.05) is 36.8 Å². The first-order chi connectivity index (χ1) is 33.8. The molecule has 70 heavy (non-hydrogen) atoms. The van der Waals surface area contributed by atoms with Crippen LogP contribution in [0.1, 0.15) is 83.7 Å². The average Bonchev–Trinajstić information content (AvgIpc) is 3.98. The van der Waals surface area contributed by atoms with E-state index in [4.69, 9.17) is 9.84 Å². The molecular formula is C55H68N12O3. The Kier molecular flexibility index (Phi) is 17.7. The Labute approximate surface area is 412 Å². The molecular weight excluding hydrogens is 877 g/mol. The summed E-state index contributed by atoms with van der Waals surface area (Å²) < 4.78 is 8.58.